The van der Waals surface area contributed by atoms with Crippen molar-refractivity contribution < 1.29 is 0 Å². The van der Waals surface area contributed by atoms with Crippen LogP contribution in [-0.2, 0) is 0 Å². The fourth-order valence-electron chi connectivity index (χ4n) is 3.11. The zero-order valence-corrected chi connectivity index (χ0v) is 13.9. The Balaban J connectivity index is 2.13. The lowest BCUT2D eigenvalue weighted by atomic mass is 9.70. The molecule has 1 aliphatic rings. The molecule has 0 saturated heterocycles. The standard InChI is InChI=1S/C16H33NS/c1-13(12-18-5)10-17-11-14-6-8-15(9-7-14)16(2,3)4/h13-15,17H,6-12H2,1-5H3. The van der Waals surface area contributed by atoms with Gasteiger partial charge < -0.3 is 5.32 Å². The molecule has 2 heteroatoms. The zero-order valence-electron chi connectivity index (χ0n) is 13.1. The number of thioether (sulfide) groups is 1. The predicted molar refractivity (Wildman–Crippen MR) is 85.3 cm³/mol. The van der Waals surface area contributed by atoms with Crippen molar-refractivity contribution in [3.05, 3.63) is 0 Å². The molecule has 18 heavy (non-hydrogen) atoms. The molecule has 0 aromatic carbocycles. The fraction of sp³-hybridized carbons (Fsp3) is 1.00. The second kappa shape index (κ2) is 7.79. The molecule has 1 nitrogen and oxygen atoms in total. The Morgan fingerprint density at radius 3 is 2.28 bits per heavy atom. The molecular formula is C16H33NS. The van der Waals surface area contributed by atoms with Crippen molar-refractivity contribution >= 4 is 11.8 Å². The molecule has 0 heterocycles. The van der Waals surface area contributed by atoms with Crippen molar-refractivity contribution in [1.29, 1.82) is 0 Å². The molecular weight excluding hydrogens is 238 g/mol. The van der Waals surface area contributed by atoms with Gasteiger partial charge in [-0.05, 0) is 74.0 Å². The average molecular weight is 272 g/mol. The van der Waals surface area contributed by atoms with Crippen LogP contribution in [0.15, 0.2) is 0 Å². The maximum absolute atomic E-state index is 3.68. The van der Waals surface area contributed by atoms with Crippen molar-refractivity contribution in [2.24, 2.45) is 23.2 Å². The molecule has 0 radical (unpaired) electrons. The Morgan fingerprint density at radius 1 is 1.17 bits per heavy atom. The first kappa shape index (κ1) is 16.4. The van der Waals surface area contributed by atoms with Gasteiger partial charge in [-0.3, -0.25) is 0 Å². The molecule has 1 rings (SSSR count). The van der Waals surface area contributed by atoms with Crippen LogP contribution in [-0.4, -0.2) is 25.1 Å². The normalized spacial score (nSPS) is 27.2. The van der Waals surface area contributed by atoms with Gasteiger partial charge in [0.1, 0.15) is 0 Å². The summed E-state index contributed by atoms with van der Waals surface area (Å²) in [6, 6.07) is 0. The Bertz CT molecular complexity index is 214. The third-order valence-corrected chi connectivity index (χ3v) is 5.35. The molecule has 0 spiro atoms. The van der Waals surface area contributed by atoms with Crippen LogP contribution in [0.5, 0.6) is 0 Å². The highest BCUT2D eigenvalue weighted by Gasteiger charge is 2.29. The van der Waals surface area contributed by atoms with Gasteiger partial charge in [0.15, 0.2) is 0 Å². The Labute approximate surface area is 119 Å². The van der Waals surface area contributed by atoms with Crippen LogP contribution in [0.2, 0.25) is 0 Å². The van der Waals surface area contributed by atoms with E-state index >= 15 is 0 Å². The van der Waals surface area contributed by atoms with Crippen LogP contribution in [0.3, 0.4) is 0 Å². The molecule has 108 valence electrons. The molecule has 1 N–H and O–H groups in total. The lowest BCUT2D eigenvalue weighted by molar-refractivity contribution is 0.149. The molecule has 1 saturated carbocycles. The van der Waals surface area contributed by atoms with E-state index in [1.807, 2.05) is 11.8 Å². The monoisotopic (exact) mass is 271 g/mol. The summed E-state index contributed by atoms with van der Waals surface area (Å²) in [5, 5.41) is 3.68. The van der Waals surface area contributed by atoms with Crippen molar-refractivity contribution in [1.82, 2.24) is 5.32 Å². The summed E-state index contributed by atoms with van der Waals surface area (Å²) < 4.78 is 0. The highest BCUT2D eigenvalue weighted by molar-refractivity contribution is 7.98. The van der Waals surface area contributed by atoms with E-state index in [9.17, 15) is 0 Å². The molecule has 0 aromatic rings. The van der Waals surface area contributed by atoms with Crippen LogP contribution in [0.1, 0.15) is 53.4 Å². The molecule has 0 aromatic heterocycles. The third-order valence-electron chi connectivity index (χ3n) is 4.45. The van der Waals surface area contributed by atoms with E-state index in [0.717, 1.165) is 17.8 Å². The van der Waals surface area contributed by atoms with Gasteiger partial charge in [-0.2, -0.15) is 11.8 Å². The van der Waals surface area contributed by atoms with E-state index < -0.39 is 0 Å². The summed E-state index contributed by atoms with van der Waals surface area (Å²) in [7, 11) is 0. The second-order valence-corrected chi connectivity index (χ2v) is 8.21. The summed E-state index contributed by atoms with van der Waals surface area (Å²) in [5.74, 6) is 3.98. The first-order valence-electron chi connectivity index (χ1n) is 7.63. The highest BCUT2D eigenvalue weighted by atomic mass is 32.2. The van der Waals surface area contributed by atoms with Crippen molar-refractivity contribution in [2.45, 2.75) is 53.4 Å². The number of hydrogen-bond acceptors (Lipinski definition) is 2. The lowest BCUT2D eigenvalue weighted by Crippen LogP contribution is -2.32. The quantitative estimate of drug-likeness (QED) is 0.767. The van der Waals surface area contributed by atoms with Gasteiger partial charge in [-0.25, -0.2) is 0 Å². The average Bonchev–Trinajstić information content (AvgIpc) is 2.29. The minimum atomic E-state index is 0.519. The van der Waals surface area contributed by atoms with Gasteiger partial charge >= 0.3 is 0 Å². The molecule has 1 fully saturated rings. The Morgan fingerprint density at radius 2 is 1.78 bits per heavy atom. The van der Waals surface area contributed by atoms with E-state index in [1.54, 1.807) is 0 Å². The van der Waals surface area contributed by atoms with Crippen LogP contribution in [0.4, 0.5) is 0 Å². The van der Waals surface area contributed by atoms with Crippen molar-refractivity contribution in [3.63, 3.8) is 0 Å². The topological polar surface area (TPSA) is 12.0 Å². The number of nitrogens with one attached hydrogen (secondary N) is 1. The smallest absolute Gasteiger partial charge is 0.00152 e. The number of hydrogen-bond donors (Lipinski definition) is 1. The molecule has 1 unspecified atom stereocenters. The Hall–Kier alpha value is 0.310. The van der Waals surface area contributed by atoms with Crippen LogP contribution in [0, 0.1) is 23.2 Å². The van der Waals surface area contributed by atoms with Crippen molar-refractivity contribution in [2.75, 3.05) is 25.1 Å². The third kappa shape index (κ3) is 5.97. The maximum atomic E-state index is 3.68. The van der Waals surface area contributed by atoms with Crippen molar-refractivity contribution in [3.8, 4) is 0 Å². The molecule has 0 bridgehead atoms. The van der Waals surface area contributed by atoms with Gasteiger partial charge in [-0.1, -0.05) is 27.7 Å². The van der Waals surface area contributed by atoms with Crippen LogP contribution in [0.25, 0.3) is 0 Å². The summed E-state index contributed by atoms with van der Waals surface area (Å²) in [6.07, 6.45) is 7.95. The predicted octanol–water partition coefficient (Wildman–Crippen LogP) is 4.43. The largest absolute Gasteiger partial charge is 0.316 e. The fourth-order valence-corrected chi connectivity index (χ4v) is 3.80. The molecule has 1 atom stereocenters. The second-order valence-electron chi connectivity index (χ2n) is 7.30. The van der Waals surface area contributed by atoms with Gasteiger partial charge in [0, 0.05) is 0 Å². The first-order valence-corrected chi connectivity index (χ1v) is 9.02. The lowest BCUT2D eigenvalue weighted by Gasteiger charge is -2.37. The SMILES string of the molecule is CSCC(C)CNCC1CCC(C(C)(C)C)CC1. The maximum Gasteiger partial charge on any atom is -0.00152 e. The van der Waals surface area contributed by atoms with E-state index in [1.165, 1.54) is 44.5 Å². The van der Waals surface area contributed by atoms with E-state index in [2.05, 4.69) is 39.3 Å². The molecule has 0 amide bonds. The summed E-state index contributed by atoms with van der Waals surface area (Å²) in [6.45, 7) is 12.0. The zero-order chi connectivity index (χ0) is 13.6. The highest BCUT2D eigenvalue weighted by Crippen LogP contribution is 2.39. The van der Waals surface area contributed by atoms with Gasteiger partial charge in [0.05, 0.1) is 0 Å². The Kier molecular flexibility index (Phi) is 7.08. The molecule has 1 aliphatic carbocycles. The van der Waals surface area contributed by atoms with Crippen LogP contribution < -0.4 is 5.32 Å². The summed E-state index contributed by atoms with van der Waals surface area (Å²) >= 11 is 1.96. The first-order chi connectivity index (χ1) is 8.43. The minimum absolute atomic E-state index is 0.519. The van der Waals surface area contributed by atoms with Gasteiger partial charge in [-0.15, -0.1) is 0 Å². The minimum Gasteiger partial charge on any atom is -0.316 e. The molecule has 0 aliphatic heterocycles. The van der Waals surface area contributed by atoms with E-state index in [0.29, 0.717) is 5.41 Å². The van der Waals surface area contributed by atoms with Gasteiger partial charge in [0.25, 0.3) is 0 Å². The summed E-state index contributed by atoms with van der Waals surface area (Å²) in [5.41, 5.74) is 0.519. The van der Waals surface area contributed by atoms with E-state index in [-0.39, 0.29) is 0 Å². The summed E-state index contributed by atoms with van der Waals surface area (Å²) in [4.78, 5) is 0. The van der Waals surface area contributed by atoms with E-state index in [4.69, 9.17) is 0 Å². The number of rotatable bonds is 6. The van der Waals surface area contributed by atoms with Gasteiger partial charge in [0.2, 0.25) is 0 Å². The van der Waals surface area contributed by atoms with Crippen LogP contribution >= 0.6 is 11.8 Å².